The number of carbonyl (C=O) groups excluding carboxylic acids is 2. The molecule has 0 aliphatic carbocycles. The molecule has 1 heterocycles. The fourth-order valence-corrected chi connectivity index (χ4v) is 3.79. The number of nitrogens with zero attached hydrogens (tertiary/aromatic N) is 2. The Kier molecular flexibility index (Phi) is 8.12. The third-order valence-electron chi connectivity index (χ3n) is 5.22. The first kappa shape index (κ1) is 23.2. The van der Waals surface area contributed by atoms with Crippen LogP contribution in [0.3, 0.4) is 0 Å². The van der Waals surface area contributed by atoms with E-state index >= 15 is 0 Å². The maximum atomic E-state index is 13.2. The molecule has 29 heavy (non-hydrogen) atoms. The first-order valence-electron chi connectivity index (χ1n) is 10.9. The average molecular weight is 403 g/mol. The number of benzene rings is 1. The Morgan fingerprint density at radius 1 is 1.17 bits per heavy atom. The van der Waals surface area contributed by atoms with Crippen LogP contribution in [0.5, 0.6) is 5.75 Å². The normalized spacial score (nSPS) is 19.3. The lowest BCUT2D eigenvalue weighted by Gasteiger charge is -2.35. The van der Waals surface area contributed by atoms with Crippen LogP contribution >= 0.6 is 0 Å². The van der Waals surface area contributed by atoms with Crippen molar-refractivity contribution in [3.8, 4) is 5.75 Å². The van der Waals surface area contributed by atoms with Crippen molar-refractivity contribution < 1.29 is 14.3 Å². The van der Waals surface area contributed by atoms with Gasteiger partial charge in [0.1, 0.15) is 12.4 Å². The summed E-state index contributed by atoms with van der Waals surface area (Å²) in [4.78, 5) is 29.8. The highest BCUT2D eigenvalue weighted by Crippen LogP contribution is 2.25. The minimum absolute atomic E-state index is 0.00478. The van der Waals surface area contributed by atoms with E-state index in [2.05, 4.69) is 34.6 Å². The standard InChI is InChI=1S/C24H38N2O3/c1-18(2)15-19-17-29-21-12-8-7-11-20(21)23(28)25(6)13-9-10-14-26(19)22(27)16-24(3,4)5/h7-8,11-12,18-19H,9-10,13-17H2,1-6H3/t19-/m0/s1. The number of fused-ring (bicyclic) bond motifs is 1. The van der Waals surface area contributed by atoms with Crippen LogP contribution in [0.4, 0.5) is 0 Å². The van der Waals surface area contributed by atoms with Crippen LogP contribution in [-0.2, 0) is 4.79 Å². The van der Waals surface area contributed by atoms with E-state index in [9.17, 15) is 9.59 Å². The molecule has 0 unspecified atom stereocenters. The molecule has 162 valence electrons. The van der Waals surface area contributed by atoms with E-state index < -0.39 is 0 Å². The van der Waals surface area contributed by atoms with Gasteiger partial charge in [-0.15, -0.1) is 0 Å². The zero-order chi connectivity index (χ0) is 21.6. The van der Waals surface area contributed by atoms with Crippen molar-refractivity contribution in [2.75, 3.05) is 26.7 Å². The summed E-state index contributed by atoms with van der Waals surface area (Å²) in [6.45, 7) is 12.4. The third kappa shape index (κ3) is 7.06. The fourth-order valence-electron chi connectivity index (χ4n) is 3.79. The predicted molar refractivity (Wildman–Crippen MR) is 117 cm³/mol. The van der Waals surface area contributed by atoms with Gasteiger partial charge < -0.3 is 14.5 Å². The van der Waals surface area contributed by atoms with Gasteiger partial charge in [0, 0.05) is 26.6 Å². The van der Waals surface area contributed by atoms with E-state index in [0.717, 1.165) is 19.3 Å². The molecule has 1 aliphatic rings. The maximum Gasteiger partial charge on any atom is 0.257 e. The van der Waals surface area contributed by atoms with Gasteiger partial charge in [-0.3, -0.25) is 9.59 Å². The number of carbonyl (C=O) groups is 2. The molecule has 0 N–H and O–H groups in total. The first-order valence-corrected chi connectivity index (χ1v) is 10.9. The fraction of sp³-hybridized carbons (Fsp3) is 0.667. The van der Waals surface area contributed by atoms with Gasteiger partial charge in [0.25, 0.3) is 5.91 Å². The number of hydrogen-bond donors (Lipinski definition) is 0. The largest absolute Gasteiger partial charge is 0.491 e. The molecule has 5 heteroatoms. The zero-order valence-corrected chi connectivity index (χ0v) is 19.0. The summed E-state index contributed by atoms with van der Waals surface area (Å²) in [6.07, 6.45) is 3.16. The van der Waals surface area contributed by atoms with Crippen molar-refractivity contribution in [3.05, 3.63) is 29.8 Å². The monoisotopic (exact) mass is 402 g/mol. The highest BCUT2D eigenvalue weighted by Gasteiger charge is 2.29. The zero-order valence-electron chi connectivity index (χ0n) is 19.0. The minimum Gasteiger partial charge on any atom is -0.491 e. The van der Waals surface area contributed by atoms with E-state index in [-0.39, 0.29) is 23.3 Å². The van der Waals surface area contributed by atoms with E-state index in [0.29, 0.717) is 43.3 Å². The van der Waals surface area contributed by atoms with E-state index in [1.54, 1.807) is 4.90 Å². The molecular formula is C24H38N2O3. The van der Waals surface area contributed by atoms with Crippen LogP contribution in [0.2, 0.25) is 0 Å². The highest BCUT2D eigenvalue weighted by molar-refractivity contribution is 5.96. The third-order valence-corrected chi connectivity index (χ3v) is 5.22. The summed E-state index contributed by atoms with van der Waals surface area (Å²) in [5, 5.41) is 0. The van der Waals surface area contributed by atoms with Gasteiger partial charge in [-0.25, -0.2) is 0 Å². The van der Waals surface area contributed by atoms with Crippen molar-refractivity contribution in [2.24, 2.45) is 11.3 Å². The SMILES string of the molecule is CC(C)C[C@H]1COc2ccccc2C(=O)N(C)CCCCN1C(=O)CC(C)(C)C. The van der Waals surface area contributed by atoms with Gasteiger partial charge in [-0.05, 0) is 42.7 Å². The number of rotatable bonds is 3. The molecule has 1 atom stereocenters. The van der Waals surface area contributed by atoms with Crippen molar-refractivity contribution in [3.63, 3.8) is 0 Å². The van der Waals surface area contributed by atoms with Crippen LogP contribution in [0.15, 0.2) is 24.3 Å². The second kappa shape index (κ2) is 10.1. The number of amides is 2. The average Bonchev–Trinajstić information content (AvgIpc) is 2.62. The van der Waals surface area contributed by atoms with Gasteiger partial charge in [0.2, 0.25) is 5.91 Å². The quantitative estimate of drug-likeness (QED) is 0.742. The van der Waals surface area contributed by atoms with Gasteiger partial charge in [-0.2, -0.15) is 0 Å². The van der Waals surface area contributed by atoms with Crippen molar-refractivity contribution in [1.29, 1.82) is 0 Å². The van der Waals surface area contributed by atoms with Gasteiger partial charge in [-0.1, -0.05) is 46.8 Å². The van der Waals surface area contributed by atoms with Crippen LogP contribution in [0.25, 0.3) is 0 Å². The van der Waals surface area contributed by atoms with Gasteiger partial charge >= 0.3 is 0 Å². The maximum absolute atomic E-state index is 13.2. The Balaban J connectivity index is 2.33. The second-order valence-corrected chi connectivity index (χ2v) is 9.85. The molecule has 0 radical (unpaired) electrons. The lowest BCUT2D eigenvalue weighted by molar-refractivity contribution is -0.136. The molecule has 1 aromatic carbocycles. The Hall–Kier alpha value is -2.04. The molecular weight excluding hydrogens is 364 g/mol. The van der Waals surface area contributed by atoms with Crippen LogP contribution in [0, 0.1) is 11.3 Å². The molecule has 0 aromatic heterocycles. The predicted octanol–water partition coefficient (Wildman–Crippen LogP) is 4.61. The summed E-state index contributed by atoms with van der Waals surface area (Å²) < 4.78 is 6.16. The van der Waals surface area contributed by atoms with E-state index in [1.807, 2.05) is 36.2 Å². The molecule has 1 aromatic rings. The molecule has 0 bridgehead atoms. The van der Waals surface area contributed by atoms with Crippen molar-refractivity contribution in [1.82, 2.24) is 9.80 Å². The lowest BCUT2D eigenvalue weighted by Crippen LogP contribution is -2.46. The summed E-state index contributed by atoms with van der Waals surface area (Å²) in [6, 6.07) is 7.42. The topological polar surface area (TPSA) is 49.9 Å². The molecule has 5 nitrogen and oxygen atoms in total. The van der Waals surface area contributed by atoms with E-state index in [1.165, 1.54) is 0 Å². The Morgan fingerprint density at radius 3 is 2.48 bits per heavy atom. The Bertz CT molecular complexity index is 694. The Morgan fingerprint density at radius 2 is 1.83 bits per heavy atom. The molecule has 0 saturated heterocycles. The summed E-state index contributed by atoms with van der Waals surface area (Å²) in [5.41, 5.74) is 0.537. The molecule has 1 aliphatic heterocycles. The van der Waals surface area contributed by atoms with E-state index in [4.69, 9.17) is 4.74 Å². The molecule has 0 saturated carbocycles. The molecule has 0 spiro atoms. The highest BCUT2D eigenvalue weighted by atomic mass is 16.5. The van der Waals surface area contributed by atoms with Crippen LogP contribution in [0.1, 0.15) is 70.7 Å². The van der Waals surface area contributed by atoms with Crippen molar-refractivity contribution >= 4 is 11.8 Å². The summed E-state index contributed by atoms with van der Waals surface area (Å²) in [7, 11) is 1.83. The number of hydrogen-bond acceptors (Lipinski definition) is 3. The molecule has 2 amide bonds. The van der Waals surface area contributed by atoms with Crippen LogP contribution in [-0.4, -0.2) is 54.4 Å². The Labute approximate surface area is 176 Å². The molecule has 0 fully saturated rings. The summed E-state index contributed by atoms with van der Waals surface area (Å²) >= 11 is 0. The van der Waals surface area contributed by atoms with Crippen molar-refractivity contribution in [2.45, 2.75) is 66.3 Å². The van der Waals surface area contributed by atoms with Gasteiger partial charge in [0.05, 0.1) is 11.6 Å². The first-order chi connectivity index (χ1) is 13.6. The number of para-hydroxylation sites is 1. The smallest absolute Gasteiger partial charge is 0.257 e. The molecule has 2 rings (SSSR count). The van der Waals surface area contributed by atoms with Gasteiger partial charge in [0.15, 0.2) is 0 Å². The van der Waals surface area contributed by atoms with Crippen LogP contribution < -0.4 is 4.74 Å². The lowest BCUT2D eigenvalue weighted by atomic mass is 9.91. The number of ether oxygens (including phenoxy) is 1. The summed E-state index contributed by atoms with van der Waals surface area (Å²) in [5.74, 6) is 1.23. The minimum atomic E-state index is -0.0523. The second-order valence-electron chi connectivity index (χ2n) is 9.85.